The van der Waals surface area contributed by atoms with Gasteiger partial charge < -0.3 is 5.73 Å². The Bertz CT molecular complexity index is 883. The Morgan fingerprint density at radius 2 is 2.15 bits per heavy atom. The molecule has 0 saturated carbocycles. The third-order valence-corrected chi connectivity index (χ3v) is 3.87. The molecule has 2 aromatic heterocycles. The van der Waals surface area contributed by atoms with Gasteiger partial charge in [-0.15, -0.1) is 0 Å². The minimum atomic E-state index is -0.0537. The molecule has 20 heavy (non-hydrogen) atoms. The molecule has 98 valence electrons. The van der Waals surface area contributed by atoms with E-state index in [0.29, 0.717) is 17.7 Å². The Morgan fingerprint density at radius 3 is 2.95 bits per heavy atom. The molecular formula is C15H11N3OS. The smallest absolute Gasteiger partial charge is 0.274 e. The van der Waals surface area contributed by atoms with Crippen LogP contribution in [0.25, 0.3) is 15.9 Å². The van der Waals surface area contributed by atoms with Gasteiger partial charge in [-0.2, -0.15) is 0 Å². The number of aromatic nitrogens is 2. The highest BCUT2D eigenvalue weighted by Crippen LogP contribution is 2.18. The van der Waals surface area contributed by atoms with E-state index < -0.39 is 0 Å². The summed E-state index contributed by atoms with van der Waals surface area (Å²) in [5.74, 6) is 6.32. The lowest BCUT2D eigenvalue weighted by Crippen LogP contribution is -2.12. The number of hydrogen-bond acceptors (Lipinski definition) is 4. The average Bonchev–Trinajstić information content (AvgIpc) is 2.83. The number of rotatable bonds is 1. The maximum absolute atomic E-state index is 12.3. The van der Waals surface area contributed by atoms with Crippen LogP contribution in [-0.2, 0) is 0 Å². The molecule has 0 aliphatic heterocycles. The van der Waals surface area contributed by atoms with Crippen LogP contribution in [0.4, 0.5) is 0 Å². The van der Waals surface area contributed by atoms with Crippen LogP contribution in [0.3, 0.4) is 0 Å². The standard InChI is InChI=1S/C15H11N3OS/c16-8-3-4-11-7-9-17-14(10-11)18-15(19)12-5-1-2-6-13(12)20-18/h1-2,5-7,9-10H,8,16H2. The Morgan fingerprint density at radius 1 is 1.30 bits per heavy atom. The van der Waals surface area contributed by atoms with Crippen LogP contribution in [-0.4, -0.2) is 15.5 Å². The normalized spacial score (nSPS) is 10.2. The van der Waals surface area contributed by atoms with E-state index in [9.17, 15) is 4.79 Å². The van der Waals surface area contributed by atoms with E-state index in [-0.39, 0.29) is 5.56 Å². The van der Waals surface area contributed by atoms with Crippen molar-refractivity contribution in [2.45, 2.75) is 0 Å². The number of fused-ring (bicyclic) bond motifs is 1. The molecule has 3 rings (SSSR count). The molecule has 4 nitrogen and oxygen atoms in total. The molecule has 2 heterocycles. The second-order valence-corrected chi connectivity index (χ2v) is 5.08. The van der Waals surface area contributed by atoms with Gasteiger partial charge in [-0.25, -0.2) is 8.94 Å². The fraction of sp³-hybridized carbons (Fsp3) is 0.0667. The second-order valence-electron chi connectivity index (χ2n) is 4.10. The molecule has 0 aliphatic carbocycles. The van der Waals surface area contributed by atoms with E-state index in [1.54, 1.807) is 22.3 Å². The van der Waals surface area contributed by atoms with Gasteiger partial charge in [0.1, 0.15) is 0 Å². The second kappa shape index (κ2) is 5.29. The Labute approximate surface area is 119 Å². The molecule has 0 unspecified atom stereocenters. The number of nitrogens with zero attached hydrogens (tertiary/aromatic N) is 2. The van der Waals surface area contributed by atoms with E-state index in [1.165, 1.54) is 11.5 Å². The molecule has 0 saturated heterocycles. The lowest BCUT2D eigenvalue weighted by Gasteiger charge is -1.99. The molecule has 0 spiro atoms. The van der Waals surface area contributed by atoms with Gasteiger partial charge in [-0.3, -0.25) is 4.79 Å². The molecule has 2 N–H and O–H groups in total. The van der Waals surface area contributed by atoms with Crippen molar-refractivity contribution in [2.75, 3.05) is 6.54 Å². The van der Waals surface area contributed by atoms with Gasteiger partial charge in [0.2, 0.25) is 0 Å². The zero-order valence-electron chi connectivity index (χ0n) is 10.5. The Hall–Kier alpha value is -2.42. The van der Waals surface area contributed by atoms with Crippen LogP contribution in [0.2, 0.25) is 0 Å². The summed E-state index contributed by atoms with van der Waals surface area (Å²) in [6, 6.07) is 11.1. The maximum Gasteiger partial charge on any atom is 0.274 e. The first-order valence-corrected chi connectivity index (χ1v) is 6.83. The summed E-state index contributed by atoms with van der Waals surface area (Å²) in [6.45, 7) is 0.306. The molecular weight excluding hydrogens is 270 g/mol. The largest absolute Gasteiger partial charge is 0.320 e. The molecule has 0 fully saturated rings. The van der Waals surface area contributed by atoms with Gasteiger partial charge in [-0.05, 0) is 35.8 Å². The van der Waals surface area contributed by atoms with Crippen molar-refractivity contribution in [3.63, 3.8) is 0 Å². The van der Waals surface area contributed by atoms with E-state index in [4.69, 9.17) is 5.73 Å². The van der Waals surface area contributed by atoms with Crippen molar-refractivity contribution < 1.29 is 0 Å². The van der Waals surface area contributed by atoms with E-state index in [1.807, 2.05) is 24.3 Å². The van der Waals surface area contributed by atoms with Gasteiger partial charge in [0, 0.05) is 11.8 Å². The van der Waals surface area contributed by atoms with Crippen molar-refractivity contribution in [1.82, 2.24) is 8.94 Å². The van der Waals surface area contributed by atoms with Crippen LogP contribution >= 0.6 is 11.5 Å². The lowest BCUT2D eigenvalue weighted by molar-refractivity contribution is 1.06. The fourth-order valence-electron chi connectivity index (χ4n) is 1.88. The summed E-state index contributed by atoms with van der Waals surface area (Å²) in [4.78, 5) is 16.6. The van der Waals surface area contributed by atoms with Crippen LogP contribution in [0, 0.1) is 11.8 Å². The molecule has 0 amide bonds. The summed E-state index contributed by atoms with van der Waals surface area (Å²) in [7, 11) is 0. The first kappa shape index (κ1) is 12.6. The van der Waals surface area contributed by atoms with Gasteiger partial charge in [0.05, 0.1) is 16.6 Å². The van der Waals surface area contributed by atoms with E-state index in [0.717, 1.165) is 10.3 Å². The zero-order valence-corrected chi connectivity index (χ0v) is 11.4. The van der Waals surface area contributed by atoms with Crippen molar-refractivity contribution in [3.8, 4) is 17.7 Å². The predicted molar refractivity (Wildman–Crippen MR) is 81.1 cm³/mol. The van der Waals surface area contributed by atoms with Gasteiger partial charge in [0.25, 0.3) is 5.56 Å². The summed E-state index contributed by atoms with van der Waals surface area (Å²) in [6.07, 6.45) is 1.65. The quantitative estimate of drug-likeness (QED) is 0.691. The number of nitrogens with two attached hydrogens (primary N) is 1. The van der Waals surface area contributed by atoms with Crippen LogP contribution in [0.1, 0.15) is 5.56 Å². The lowest BCUT2D eigenvalue weighted by atomic mass is 10.2. The third kappa shape index (κ3) is 2.23. The Kier molecular flexibility index (Phi) is 3.33. The predicted octanol–water partition coefficient (Wildman–Crippen LogP) is 1.76. The van der Waals surface area contributed by atoms with Crippen molar-refractivity contribution in [2.24, 2.45) is 5.73 Å². The minimum absolute atomic E-state index is 0.0537. The molecule has 0 aliphatic rings. The van der Waals surface area contributed by atoms with Gasteiger partial charge >= 0.3 is 0 Å². The molecule has 0 bridgehead atoms. The van der Waals surface area contributed by atoms with Crippen LogP contribution in [0.15, 0.2) is 47.4 Å². The summed E-state index contributed by atoms with van der Waals surface area (Å²) < 4.78 is 2.52. The SMILES string of the molecule is NCC#Cc1ccnc(-n2sc3ccccc3c2=O)c1. The van der Waals surface area contributed by atoms with Crippen molar-refractivity contribution >= 4 is 21.6 Å². The molecule has 3 aromatic rings. The summed E-state index contributed by atoms with van der Waals surface area (Å²) >= 11 is 1.38. The molecule has 5 heteroatoms. The monoisotopic (exact) mass is 281 g/mol. The molecule has 1 aromatic carbocycles. The zero-order chi connectivity index (χ0) is 13.9. The first-order valence-electron chi connectivity index (χ1n) is 6.06. The molecule has 0 atom stereocenters. The minimum Gasteiger partial charge on any atom is -0.320 e. The number of pyridine rings is 1. The highest BCUT2D eigenvalue weighted by Gasteiger charge is 2.09. The third-order valence-electron chi connectivity index (χ3n) is 2.78. The summed E-state index contributed by atoms with van der Waals surface area (Å²) in [5.41, 5.74) is 6.10. The average molecular weight is 281 g/mol. The fourth-order valence-corrected chi connectivity index (χ4v) is 2.85. The van der Waals surface area contributed by atoms with Crippen molar-refractivity contribution in [3.05, 3.63) is 58.5 Å². The van der Waals surface area contributed by atoms with Crippen LogP contribution < -0.4 is 11.3 Å². The highest BCUT2D eigenvalue weighted by molar-refractivity contribution is 7.14. The first-order chi connectivity index (χ1) is 9.79. The number of hydrogen-bond donors (Lipinski definition) is 1. The van der Waals surface area contributed by atoms with E-state index in [2.05, 4.69) is 16.8 Å². The van der Waals surface area contributed by atoms with Gasteiger partial charge in [0.15, 0.2) is 5.82 Å². The maximum atomic E-state index is 12.3. The van der Waals surface area contributed by atoms with Crippen molar-refractivity contribution in [1.29, 1.82) is 0 Å². The number of benzene rings is 1. The molecule has 0 radical (unpaired) electrons. The highest BCUT2D eigenvalue weighted by atomic mass is 32.1. The van der Waals surface area contributed by atoms with Crippen LogP contribution in [0.5, 0.6) is 0 Å². The summed E-state index contributed by atoms with van der Waals surface area (Å²) in [5, 5.41) is 0.706. The van der Waals surface area contributed by atoms with E-state index >= 15 is 0 Å². The Balaban J connectivity index is 2.16. The topological polar surface area (TPSA) is 60.9 Å². The van der Waals surface area contributed by atoms with Gasteiger partial charge in [-0.1, -0.05) is 24.0 Å².